The first-order valence-corrected chi connectivity index (χ1v) is 4.85. The van der Waals surface area contributed by atoms with Gasteiger partial charge in [-0.15, -0.1) is 11.6 Å². The lowest BCUT2D eigenvalue weighted by molar-refractivity contribution is 0.481. The van der Waals surface area contributed by atoms with Gasteiger partial charge in [0.05, 0.1) is 6.67 Å². The van der Waals surface area contributed by atoms with Gasteiger partial charge in [0.25, 0.3) is 0 Å². The molecule has 0 amide bonds. The summed E-state index contributed by atoms with van der Waals surface area (Å²) in [5.41, 5.74) is 2.06. The minimum Gasteiger partial charge on any atom is -0.385 e. The van der Waals surface area contributed by atoms with E-state index in [1.54, 1.807) is 0 Å². The van der Waals surface area contributed by atoms with Gasteiger partial charge in [0.2, 0.25) is 0 Å². The van der Waals surface area contributed by atoms with Crippen LogP contribution in [0.1, 0.15) is 12.0 Å². The number of halogens is 2. The molecular formula is C10H13ClFN. The van der Waals surface area contributed by atoms with Crippen molar-refractivity contribution in [3.05, 3.63) is 29.8 Å². The Kier molecular flexibility index (Phi) is 4.61. The van der Waals surface area contributed by atoms with Crippen molar-refractivity contribution in [1.29, 1.82) is 0 Å². The molecular weight excluding hydrogens is 189 g/mol. The van der Waals surface area contributed by atoms with Gasteiger partial charge in [-0.05, 0) is 18.1 Å². The van der Waals surface area contributed by atoms with Gasteiger partial charge in [0.15, 0.2) is 0 Å². The molecule has 0 fully saturated rings. The molecule has 0 unspecified atom stereocenters. The Hall–Kier alpha value is -0.760. The van der Waals surface area contributed by atoms with Crippen LogP contribution in [0.4, 0.5) is 10.1 Å². The van der Waals surface area contributed by atoms with Gasteiger partial charge in [-0.1, -0.05) is 18.2 Å². The summed E-state index contributed by atoms with van der Waals surface area (Å²) in [7, 11) is 0. The van der Waals surface area contributed by atoms with Crippen molar-refractivity contribution in [2.24, 2.45) is 0 Å². The maximum absolute atomic E-state index is 11.8. The molecule has 0 aliphatic heterocycles. The summed E-state index contributed by atoms with van der Waals surface area (Å²) in [5, 5.41) is 3.14. The third kappa shape index (κ3) is 3.23. The molecule has 0 aliphatic carbocycles. The van der Waals surface area contributed by atoms with Gasteiger partial charge in [-0.3, -0.25) is 4.39 Å². The largest absolute Gasteiger partial charge is 0.385 e. The summed E-state index contributed by atoms with van der Waals surface area (Å²) in [6.45, 7) is 0.375. The summed E-state index contributed by atoms with van der Waals surface area (Å²) >= 11 is 5.73. The summed E-state index contributed by atoms with van der Waals surface area (Å²) in [6.07, 6.45) is 0.538. The zero-order valence-corrected chi connectivity index (χ0v) is 8.15. The van der Waals surface area contributed by atoms with E-state index >= 15 is 0 Å². The molecule has 0 saturated heterocycles. The van der Waals surface area contributed by atoms with E-state index in [4.69, 9.17) is 11.6 Å². The highest BCUT2D eigenvalue weighted by Crippen LogP contribution is 2.16. The maximum atomic E-state index is 11.8. The van der Waals surface area contributed by atoms with Crippen LogP contribution in [0.3, 0.4) is 0 Å². The number of anilines is 1. The number of alkyl halides is 2. The van der Waals surface area contributed by atoms with Crippen LogP contribution >= 0.6 is 11.6 Å². The van der Waals surface area contributed by atoms with Gasteiger partial charge >= 0.3 is 0 Å². The molecule has 1 aromatic carbocycles. The van der Waals surface area contributed by atoms with E-state index in [2.05, 4.69) is 5.32 Å². The number of hydrogen-bond donors (Lipinski definition) is 1. The second-order valence-electron chi connectivity index (χ2n) is 2.76. The molecule has 0 bridgehead atoms. The van der Waals surface area contributed by atoms with Gasteiger partial charge in [-0.25, -0.2) is 0 Å². The Morgan fingerprint density at radius 1 is 1.31 bits per heavy atom. The Labute approximate surface area is 82.9 Å². The van der Waals surface area contributed by atoms with Gasteiger partial charge < -0.3 is 5.32 Å². The molecule has 3 heteroatoms. The average Bonchev–Trinajstić information content (AvgIpc) is 2.19. The highest BCUT2D eigenvalue weighted by Gasteiger charge is 1.98. The number of hydrogen-bond acceptors (Lipinski definition) is 1. The normalized spacial score (nSPS) is 10.0. The smallest absolute Gasteiger partial charge is 0.0911 e. The fourth-order valence-electron chi connectivity index (χ4n) is 1.10. The maximum Gasteiger partial charge on any atom is 0.0911 e. The predicted molar refractivity (Wildman–Crippen MR) is 55.1 cm³/mol. The molecule has 0 aromatic heterocycles. The Morgan fingerprint density at radius 3 is 2.77 bits per heavy atom. The number of rotatable bonds is 5. The van der Waals surface area contributed by atoms with Gasteiger partial charge in [0.1, 0.15) is 0 Å². The third-order valence-electron chi connectivity index (χ3n) is 1.79. The Morgan fingerprint density at radius 2 is 2.08 bits per heavy atom. The van der Waals surface area contributed by atoms with E-state index in [0.29, 0.717) is 18.8 Å². The molecule has 0 radical (unpaired) electrons. The molecule has 0 heterocycles. The zero-order chi connectivity index (χ0) is 9.52. The molecule has 1 rings (SSSR count). The van der Waals surface area contributed by atoms with Crippen LogP contribution in [0, 0.1) is 0 Å². The van der Waals surface area contributed by atoms with Crippen LogP contribution in [0.2, 0.25) is 0 Å². The van der Waals surface area contributed by atoms with Crippen molar-refractivity contribution in [3.8, 4) is 0 Å². The SMILES string of the molecule is FCCCNc1ccccc1CCl. The van der Waals surface area contributed by atoms with Crippen molar-refractivity contribution in [2.75, 3.05) is 18.5 Å². The lowest BCUT2D eigenvalue weighted by Gasteiger charge is -2.08. The molecule has 0 aliphatic rings. The Bertz CT molecular complexity index is 252. The van der Waals surface area contributed by atoms with E-state index in [1.165, 1.54) is 0 Å². The van der Waals surface area contributed by atoms with Crippen LogP contribution < -0.4 is 5.32 Å². The van der Waals surface area contributed by atoms with Crippen LogP contribution in [0.25, 0.3) is 0 Å². The third-order valence-corrected chi connectivity index (χ3v) is 2.08. The minimum atomic E-state index is -0.282. The zero-order valence-electron chi connectivity index (χ0n) is 7.39. The van der Waals surface area contributed by atoms with Crippen molar-refractivity contribution >= 4 is 17.3 Å². The standard InChI is InChI=1S/C10H13ClFN/c11-8-9-4-1-2-5-10(9)13-7-3-6-12/h1-2,4-5,13H,3,6-8H2. The summed E-state index contributed by atoms with van der Waals surface area (Å²) in [6, 6.07) is 7.80. The van der Waals surface area contributed by atoms with E-state index in [0.717, 1.165) is 11.3 Å². The van der Waals surface area contributed by atoms with Crippen molar-refractivity contribution in [1.82, 2.24) is 0 Å². The lowest BCUT2D eigenvalue weighted by atomic mass is 10.2. The van der Waals surface area contributed by atoms with E-state index < -0.39 is 0 Å². The van der Waals surface area contributed by atoms with Gasteiger partial charge in [0, 0.05) is 18.1 Å². The molecule has 72 valence electrons. The van der Waals surface area contributed by atoms with E-state index in [-0.39, 0.29) is 6.67 Å². The quantitative estimate of drug-likeness (QED) is 0.570. The summed E-state index contributed by atoms with van der Waals surface area (Å²) < 4.78 is 11.8. The highest BCUT2D eigenvalue weighted by molar-refractivity contribution is 6.17. The second-order valence-corrected chi connectivity index (χ2v) is 3.03. The summed E-state index contributed by atoms with van der Waals surface area (Å²) in [5.74, 6) is 0.485. The monoisotopic (exact) mass is 201 g/mol. The fraction of sp³-hybridized carbons (Fsp3) is 0.400. The van der Waals surface area contributed by atoms with Crippen LogP contribution in [0.15, 0.2) is 24.3 Å². The fourth-order valence-corrected chi connectivity index (χ4v) is 1.33. The minimum absolute atomic E-state index is 0.282. The van der Waals surface area contributed by atoms with E-state index in [1.807, 2.05) is 24.3 Å². The predicted octanol–water partition coefficient (Wildman–Crippen LogP) is 3.20. The lowest BCUT2D eigenvalue weighted by Crippen LogP contribution is -2.03. The number of benzene rings is 1. The van der Waals surface area contributed by atoms with Crippen LogP contribution in [-0.2, 0) is 5.88 Å². The van der Waals surface area contributed by atoms with Crippen molar-refractivity contribution < 1.29 is 4.39 Å². The Balaban J connectivity index is 2.54. The number of para-hydroxylation sites is 1. The van der Waals surface area contributed by atoms with Crippen molar-refractivity contribution in [3.63, 3.8) is 0 Å². The van der Waals surface area contributed by atoms with Gasteiger partial charge in [-0.2, -0.15) is 0 Å². The molecule has 1 N–H and O–H groups in total. The molecule has 1 aromatic rings. The van der Waals surface area contributed by atoms with Crippen molar-refractivity contribution in [2.45, 2.75) is 12.3 Å². The average molecular weight is 202 g/mol. The van der Waals surface area contributed by atoms with Crippen LogP contribution in [-0.4, -0.2) is 13.2 Å². The first-order chi connectivity index (χ1) is 6.38. The second kappa shape index (κ2) is 5.81. The first kappa shape index (κ1) is 10.3. The molecule has 13 heavy (non-hydrogen) atoms. The number of nitrogens with one attached hydrogen (secondary N) is 1. The topological polar surface area (TPSA) is 12.0 Å². The first-order valence-electron chi connectivity index (χ1n) is 4.32. The molecule has 1 nitrogen and oxygen atoms in total. The molecule has 0 atom stereocenters. The van der Waals surface area contributed by atoms with Crippen LogP contribution in [0.5, 0.6) is 0 Å². The van der Waals surface area contributed by atoms with E-state index in [9.17, 15) is 4.39 Å². The molecule has 0 saturated carbocycles. The summed E-state index contributed by atoms with van der Waals surface area (Å²) in [4.78, 5) is 0. The molecule has 0 spiro atoms. The highest BCUT2D eigenvalue weighted by atomic mass is 35.5.